The maximum atomic E-state index is 10.8. The van der Waals surface area contributed by atoms with Gasteiger partial charge in [0.05, 0.1) is 0 Å². The smallest absolute Gasteiger partial charge is 0.130 e. The fourth-order valence-electron chi connectivity index (χ4n) is 1.37. The van der Waals surface area contributed by atoms with Gasteiger partial charge in [-0.15, -0.1) is 0 Å². The molecule has 0 aromatic carbocycles. The van der Waals surface area contributed by atoms with Gasteiger partial charge in [0.1, 0.15) is 5.78 Å². The summed E-state index contributed by atoms with van der Waals surface area (Å²) in [6.07, 6.45) is 4.49. The third-order valence-corrected chi connectivity index (χ3v) is 2.49. The van der Waals surface area contributed by atoms with Gasteiger partial charge >= 0.3 is 0 Å². The quantitative estimate of drug-likeness (QED) is 0.597. The molecule has 1 nitrogen and oxygen atoms in total. The Morgan fingerprint density at radius 3 is 2.08 bits per heavy atom. The fraction of sp³-hybridized carbons (Fsp3) is 0.909. The first kappa shape index (κ1) is 11.7. The highest BCUT2D eigenvalue weighted by Gasteiger charge is 2.07. The molecule has 0 rings (SSSR count). The van der Waals surface area contributed by atoms with Crippen LogP contribution in [0.4, 0.5) is 0 Å². The summed E-state index contributed by atoms with van der Waals surface area (Å²) in [4.78, 5) is 10.8. The first-order valence-corrected chi connectivity index (χ1v) is 5.05. The van der Waals surface area contributed by atoms with E-state index >= 15 is 0 Å². The van der Waals surface area contributed by atoms with Crippen LogP contribution in [0.15, 0.2) is 0 Å². The molecule has 0 aromatic rings. The molecule has 12 heavy (non-hydrogen) atoms. The first-order chi connectivity index (χ1) is 5.56. The number of Topliss-reactive ketones (excluding diaryl/α,β-unsaturated/α-hetero) is 1. The van der Waals surface area contributed by atoms with Gasteiger partial charge in [0.15, 0.2) is 0 Å². The van der Waals surface area contributed by atoms with Gasteiger partial charge in [0.2, 0.25) is 0 Å². The van der Waals surface area contributed by atoms with Crippen molar-refractivity contribution in [3.8, 4) is 0 Å². The third-order valence-electron chi connectivity index (χ3n) is 2.49. The van der Waals surface area contributed by atoms with Crippen LogP contribution in [0.1, 0.15) is 53.4 Å². The average molecular weight is 170 g/mol. The van der Waals surface area contributed by atoms with E-state index in [9.17, 15) is 4.79 Å². The summed E-state index contributed by atoms with van der Waals surface area (Å²) in [6, 6.07) is 0. The van der Waals surface area contributed by atoms with Crippen molar-refractivity contribution >= 4 is 5.78 Å². The predicted octanol–water partition coefficient (Wildman–Crippen LogP) is 3.43. The van der Waals surface area contributed by atoms with Crippen LogP contribution >= 0.6 is 0 Å². The van der Waals surface area contributed by atoms with Gasteiger partial charge in [0.25, 0.3) is 0 Å². The standard InChI is InChI=1S/C11H22O/c1-5-9(2)6-7-10(3)8-11(4)12/h9-10H,5-8H2,1-4H3. The van der Waals surface area contributed by atoms with Crippen molar-refractivity contribution in [2.24, 2.45) is 11.8 Å². The Kier molecular flexibility index (Phi) is 6.04. The van der Waals surface area contributed by atoms with Crippen molar-refractivity contribution in [1.82, 2.24) is 0 Å². The second-order valence-corrected chi connectivity index (χ2v) is 4.10. The van der Waals surface area contributed by atoms with Gasteiger partial charge in [-0.1, -0.05) is 40.0 Å². The average Bonchev–Trinajstić information content (AvgIpc) is 1.99. The normalized spacial score (nSPS) is 15.7. The fourth-order valence-corrected chi connectivity index (χ4v) is 1.37. The molecule has 0 amide bonds. The number of carbonyl (C=O) groups is 1. The molecule has 2 unspecified atom stereocenters. The van der Waals surface area contributed by atoms with Crippen LogP contribution in [-0.4, -0.2) is 5.78 Å². The van der Waals surface area contributed by atoms with E-state index in [2.05, 4.69) is 20.8 Å². The van der Waals surface area contributed by atoms with Gasteiger partial charge in [-0.2, -0.15) is 0 Å². The van der Waals surface area contributed by atoms with Gasteiger partial charge < -0.3 is 4.79 Å². The van der Waals surface area contributed by atoms with Crippen LogP contribution in [0.3, 0.4) is 0 Å². The van der Waals surface area contributed by atoms with Crippen LogP contribution in [0, 0.1) is 11.8 Å². The summed E-state index contributed by atoms with van der Waals surface area (Å²) in [7, 11) is 0. The number of ketones is 1. The molecule has 0 aliphatic carbocycles. The largest absolute Gasteiger partial charge is 0.300 e. The van der Waals surface area contributed by atoms with E-state index in [0.717, 1.165) is 12.3 Å². The van der Waals surface area contributed by atoms with Crippen LogP contribution in [0.2, 0.25) is 0 Å². The summed E-state index contributed by atoms with van der Waals surface area (Å²) in [6.45, 7) is 8.35. The second kappa shape index (κ2) is 6.22. The monoisotopic (exact) mass is 170 g/mol. The molecule has 0 saturated heterocycles. The number of rotatable bonds is 6. The minimum absolute atomic E-state index is 0.326. The topological polar surface area (TPSA) is 17.1 Å². The maximum absolute atomic E-state index is 10.8. The molecule has 0 aliphatic rings. The maximum Gasteiger partial charge on any atom is 0.130 e. The Bertz CT molecular complexity index is 129. The molecule has 0 radical (unpaired) electrons. The molecular formula is C11H22O. The van der Waals surface area contributed by atoms with Crippen molar-refractivity contribution in [2.75, 3.05) is 0 Å². The molecule has 0 fully saturated rings. The Labute approximate surface area is 76.6 Å². The zero-order valence-electron chi connectivity index (χ0n) is 8.89. The van der Waals surface area contributed by atoms with Crippen LogP contribution in [0.5, 0.6) is 0 Å². The predicted molar refractivity (Wildman–Crippen MR) is 53.2 cm³/mol. The Morgan fingerprint density at radius 2 is 1.67 bits per heavy atom. The molecule has 0 aromatic heterocycles. The van der Waals surface area contributed by atoms with E-state index in [4.69, 9.17) is 0 Å². The van der Waals surface area contributed by atoms with Crippen molar-refractivity contribution in [2.45, 2.75) is 53.4 Å². The van der Waals surface area contributed by atoms with Crippen molar-refractivity contribution < 1.29 is 4.79 Å². The summed E-state index contributed by atoms with van der Waals surface area (Å²) < 4.78 is 0. The molecule has 2 atom stereocenters. The van der Waals surface area contributed by atoms with E-state index < -0.39 is 0 Å². The van der Waals surface area contributed by atoms with E-state index in [-0.39, 0.29) is 0 Å². The SMILES string of the molecule is CCC(C)CCC(C)CC(C)=O. The van der Waals surface area contributed by atoms with Crippen molar-refractivity contribution in [3.63, 3.8) is 0 Å². The minimum atomic E-state index is 0.326. The van der Waals surface area contributed by atoms with E-state index in [1.807, 2.05) is 0 Å². The van der Waals surface area contributed by atoms with Crippen LogP contribution in [-0.2, 0) is 4.79 Å². The highest BCUT2D eigenvalue weighted by Crippen LogP contribution is 2.17. The lowest BCUT2D eigenvalue weighted by molar-refractivity contribution is -0.117. The van der Waals surface area contributed by atoms with Gasteiger partial charge in [0, 0.05) is 6.42 Å². The molecule has 1 heteroatoms. The molecule has 0 heterocycles. The Morgan fingerprint density at radius 1 is 1.17 bits per heavy atom. The van der Waals surface area contributed by atoms with E-state index in [0.29, 0.717) is 11.7 Å². The summed E-state index contributed by atoms with van der Waals surface area (Å²) in [5, 5.41) is 0. The number of hydrogen-bond donors (Lipinski definition) is 0. The molecule has 0 saturated carbocycles. The van der Waals surface area contributed by atoms with Crippen LogP contribution < -0.4 is 0 Å². The summed E-state index contributed by atoms with van der Waals surface area (Å²) in [5.74, 6) is 1.72. The van der Waals surface area contributed by atoms with E-state index in [1.54, 1.807) is 6.92 Å². The van der Waals surface area contributed by atoms with Gasteiger partial charge in [-0.05, 0) is 18.8 Å². The van der Waals surface area contributed by atoms with Crippen molar-refractivity contribution in [3.05, 3.63) is 0 Å². The molecular weight excluding hydrogens is 148 g/mol. The van der Waals surface area contributed by atoms with Gasteiger partial charge in [-0.25, -0.2) is 0 Å². The zero-order chi connectivity index (χ0) is 9.56. The Hall–Kier alpha value is -0.330. The Balaban J connectivity index is 3.43. The lowest BCUT2D eigenvalue weighted by Crippen LogP contribution is -2.03. The number of carbonyl (C=O) groups excluding carboxylic acids is 1. The van der Waals surface area contributed by atoms with Crippen LogP contribution in [0.25, 0.3) is 0 Å². The summed E-state index contributed by atoms with van der Waals surface area (Å²) >= 11 is 0. The highest BCUT2D eigenvalue weighted by molar-refractivity contribution is 5.75. The highest BCUT2D eigenvalue weighted by atomic mass is 16.1. The first-order valence-electron chi connectivity index (χ1n) is 5.05. The lowest BCUT2D eigenvalue weighted by Gasteiger charge is -2.12. The molecule has 0 N–H and O–H groups in total. The zero-order valence-corrected chi connectivity index (χ0v) is 8.89. The molecule has 72 valence electrons. The molecule has 0 spiro atoms. The van der Waals surface area contributed by atoms with Gasteiger partial charge in [-0.3, -0.25) is 0 Å². The van der Waals surface area contributed by atoms with E-state index in [1.165, 1.54) is 19.3 Å². The lowest BCUT2D eigenvalue weighted by atomic mass is 9.93. The summed E-state index contributed by atoms with van der Waals surface area (Å²) in [5.41, 5.74) is 0. The molecule has 0 aliphatic heterocycles. The van der Waals surface area contributed by atoms with Crippen molar-refractivity contribution in [1.29, 1.82) is 0 Å². The third kappa shape index (κ3) is 6.38. The minimum Gasteiger partial charge on any atom is -0.300 e. The molecule has 0 bridgehead atoms. The number of hydrogen-bond acceptors (Lipinski definition) is 1. The second-order valence-electron chi connectivity index (χ2n) is 4.10.